The van der Waals surface area contributed by atoms with Crippen molar-refractivity contribution < 1.29 is 14.4 Å². The average molecular weight is 479 g/mol. The van der Waals surface area contributed by atoms with Gasteiger partial charge in [0.05, 0.1) is 23.4 Å². The first-order valence-electron chi connectivity index (χ1n) is 11.3. The number of aryl methyl sites for hydroxylation is 2. The molecule has 0 bridgehead atoms. The Labute approximate surface area is 207 Å². The van der Waals surface area contributed by atoms with Gasteiger partial charge in [-0.2, -0.15) is 0 Å². The smallest absolute Gasteiger partial charge is 0.261 e. The van der Waals surface area contributed by atoms with Crippen LogP contribution in [0, 0.1) is 13.8 Å². The standard InChI is InChI=1S/C27H22N6O3/c1-16-12-17(2)30-27(29-16)32-20-8-5-7-19(14-20)31-24(34)18-9-10-22-23(13-18)26(36)33(25(22)35)15-21-6-3-4-11-28-21/h3-14H,15H2,1-2H3,(H,31,34)(H,29,30,32). The molecule has 1 aliphatic rings. The Morgan fingerprint density at radius 2 is 1.58 bits per heavy atom. The highest BCUT2D eigenvalue weighted by molar-refractivity contribution is 6.22. The zero-order valence-electron chi connectivity index (χ0n) is 19.6. The molecule has 0 fully saturated rings. The van der Waals surface area contributed by atoms with Crippen molar-refractivity contribution in [3.63, 3.8) is 0 Å². The molecule has 1 aliphatic heterocycles. The summed E-state index contributed by atoms with van der Waals surface area (Å²) in [4.78, 5) is 52.7. The minimum Gasteiger partial charge on any atom is -0.324 e. The maximum Gasteiger partial charge on any atom is 0.261 e. The van der Waals surface area contributed by atoms with E-state index in [4.69, 9.17) is 0 Å². The summed E-state index contributed by atoms with van der Waals surface area (Å²) in [5.41, 5.74) is 4.29. The van der Waals surface area contributed by atoms with Crippen LogP contribution in [0.2, 0.25) is 0 Å². The van der Waals surface area contributed by atoms with Gasteiger partial charge in [0.2, 0.25) is 5.95 Å². The van der Waals surface area contributed by atoms with Gasteiger partial charge in [-0.1, -0.05) is 12.1 Å². The Morgan fingerprint density at radius 1 is 0.833 bits per heavy atom. The van der Waals surface area contributed by atoms with Crippen LogP contribution in [-0.2, 0) is 6.54 Å². The molecule has 2 aromatic carbocycles. The van der Waals surface area contributed by atoms with E-state index < -0.39 is 17.7 Å². The van der Waals surface area contributed by atoms with Crippen molar-refractivity contribution in [3.8, 4) is 0 Å². The molecule has 0 saturated heterocycles. The zero-order valence-corrected chi connectivity index (χ0v) is 19.6. The lowest BCUT2D eigenvalue weighted by Gasteiger charge is -2.12. The average Bonchev–Trinajstić information content (AvgIpc) is 3.08. The van der Waals surface area contributed by atoms with Crippen LogP contribution in [0.1, 0.15) is 48.2 Å². The van der Waals surface area contributed by atoms with E-state index in [0.717, 1.165) is 16.3 Å². The second-order valence-electron chi connectivity index (χ2n) is 8.41. The third-order valence-electron chi connectivity index (χ3n) is 5.64. The van der Waals surface area contributed by atoms with Crippen molar-refractivity contribution in [1.29, 1.82) is 0 Å². The number of hydrogen-bond donors (Lipinski definition) is 2. The molecule has 4 aromatic rings. The fourth-order valence-electron chi connectivity index (χ4n) is 4.02. The highest BCUT2D eigenvalue weighted by atomic mass is 16.2. The van der Waals surface area contributed by atoms with Gasteiger partial charge in [0.25, 0.3) is 17.7 Å². The maximum absolute atomic E-state index is 13.0. The Bertz CT molecular complexity index is 1480. The highest BCUT2D eigenvalue weighted by Gasteiger charge is 2.36. The van der Waals surface area contributed by atoms with Crippen LogP contribution < -0.4 is 10.6 Å². The number of pyridine rings is 1. The zero-order chi connectivity index (χ0) is 25.2. The number of imide groups is 1. The van der Waals surface area contributed by atoms with Crippen molar-refractivity contribution in [1.82, 2.24) is 19.9 Å². The number of amides is 3. The van der Waals surface area contributed by atoms with Crippen molar-refractivity contribution >= 4 is 35.0 Å². The lowest BCUT2D eigenvalue weighted by atomic mass is 10.1. The van der Waals surface area contributed by atoms with Gasteiger partial charge in [0, 0.05) is 34.5 Å². The number of anilines is 3. The normalized spacial score (nSPS) is 12.4. The number of rotatable bonds is 6. The Hall–Kier alpha value is -4.92. The van der Waals surface area contributed by atoms with Gasteiger partial charge < -0.3 is 10.6 Å². The van der Waals surface area contributed by atoms with Gasteiger partial charge >= 0.3 is 0 Å². The number of aromatic nitrogens is 3. The van der Waals surface area contributed by atoms with Gasteiger partial charge in [-0.25, -0.2) is 9.97 Å². The van der Waals surface area contributed by atoms with Crippen LogP contribution >= 0.6 is 0 Å². The summed E-state index contributed by atoms with van der Waals surface area (Å²) in [6, 6.07) is 18.8. The van der Waals surface area contributed by atoms with Crippen LogP contribution in [0.5, 0.6) is 0 Å². The molecule has 0 spiro atoms. The van der Waals surface area contributed by atoms with E-state index in [0.29, 0.717) is 23.0 Å². The van der Waals surface area contributed by atoms with Gasteiger partial charge in [-0.15, -0.1) is 0 Å². The minimum absolute atomic E-state index is 0.0681. The summed E-state index contributed by atoms with van der Waals surface area (Å²) in [6.07, 6.45) is 1.61. The lowest BCUT2D eigenvalue weighted by molar-refractivity contribution is 0.0640. The molecule has 3 amide bonds. The molecule has 5 rings (SSSR count). The first-order chi connectivity index (χ1) is 17.4. The molecule has 3 heterocycles. The number of nitrogens with zero attached hydrogens (tertiary/aromatic N) is 4. The predicted molar refractivity (Wildman–Crippen MR) is 134 cm³/mol. The molecule has 0 unspecified atom stereocenters. The Morgan fingerprint density at radius 3 is 2.33 bits per heavy atom. The molecular weight excluding hydrogens is 456 g/mol. The topological polar surface area (TPSA) is 117 Å². The molecule has 0 saturated carbocycles. The molecule has 0 radical (unpaired) electrons. The number of fused-ring (bicyclic) bond motifs is 1. The van der Waals surface area contributed by atoms with Gasteiger partial charge in [-0.05, 0) is 68.4 Å². The van der Waals surface area contributed by atoms with E-state index in [1.165, 1.54) is 18.2 Å². The van der Waals surface area contributed by atoms with Gasteiger partial charge in [0.15, 0.2) is 0 Å². The molecule has 178 valence electrons. The predicted octanol–water partition coefficient (Wildman–Crippen LogP) is 4.28. The van der Waals surface area contributed by atoms with Crippen molar-refractivity contribution in [2.75, 3.05) is 10.6 Å². The SMILES string of the molecule is Cc1cc(C)nc(Nc2cccc(NC(=O)c3ccc4c(c3)C(=O)N(Cc3ccccn3)C4=O)c2)n1. The first-order valence-corrected chi connectivity index (χ1v) is 11.3. The lowest BCUT2D eigenvalue weighted by Crippen LogP contribution is -2.29. The minimum atomic E-state index is -0.449. The van der Waals surface area contributed by atoms with E-state index >= 15 is 0 Å². The van der Waals surface area contributed by atoms with Crippen LogP contribution in [0.3, 0.4) is 0 Å². The Kier molecular flexibility index (Phi) is 5.95. The summed E-state index contributed by atoms with van der Waals surface area (Å²) < 4.78 is 0. The largest absolute Gasteiger partial charge is 0.324 e. The fourth-order valence-corrected chi connectivity index (χ4v) is 4.02. The number of hydrogen-bond acceptors (Lipinski definition) is 7. The van der Waals surface area contributed by atoms with Crippen molar-refractivity contribution in [2.45, 2.75) is 20.4 Å². The summed E-state index contributed by atoms with van der Waals surface area (Å²) in [5, 5.41) is 5.98. The molecule has 2 aromatic heterocycles. The third kappa shape index (κ3) is 4.67. The van der Waals surface area contributed by atoms with E-state index in [-0.39, 0.29) is 23.2 Å². The van der Waals surface area contributed by atoms with Crippen LogP contribution in [0.25, 0.3) is 0 Å². The number of carbonyl (C=O) groups is 3. The maximum atomic E-state index is 13.0. The second kappa shape index (κ2) is 9.38. The molecule has 0 atom stereocenters. The first kappa shape index (κ1) is 22.9. The van der Waals surface area contributed by atoms with Crippen LogP contribution in [0.4, 0.5) is 17.3 Å². The number of nitrogens with one attached hydrogen (secondary N) is 2. The number of benzene rings is 2. The van der Waals surface area contributed by atoms with Crippen LogP contribution in [-0.4, -0.2) is 37.6 Å². The van der Waals surface area contributed by atoms with Gasteiger partial charge in [0.1, 0.15) is 0 Å². The number of carbonyl (C=O) groups excluding carboxylic acids is 3. The quantitative estimate of drug-likeness (QED) is 0.397. The molecule has 2 N–H and O–H groups in total. The summed E-state index contributed by atoms with van der Waals surface area (Å²) >= 11 is 0. The van der Waals surface area contributed by atoms with Crippen molar-refractivity contribution in [2.24, 2.45) is 0 Å². The summed E-state index contributed by atoms with van der Waals surface area (Å²) in [7, 11) is 0. The fraction of sp³-hybridized carbons (Fsp3) is 0.111. The molecule has 0 aliphatic carbocycles. The van der Waals surface area contributed by atoms with Crippen LogP contribution in [0.15, 0.2) is 72.9 Å². The summed E-state index contributed by atoms with van der Waals surface area (Å²) in [6.45, 7) is 3.85. The van der Waals surface area contributed by atoms with E-state index in [9.17, 15) is 14.4 Å². The molecular formula is C27H22N6O3. The van der Waals surface area contributed by atoms with Gasteiger partial charge in [-0.3, -0.25) is 24.3 Å². The van der Waals surface area contributed by atoms with Crippen molar-refractivity contribution in [3.05, 3.63) is 107 Å². The molecule has 9 heteroatoms. The highest BCUT2D eigenvalue weighted by Crippen LogP contribution is 2.26. The second-order valence-corrected chi connectivity index (χ2v) is 8.41. The third-order valence-corrected chi connectivity index (χ3v) is 5.64. The van der Waals surface area contributed by atoms with E-state index in [1.807, 2.05) is 26.0 Å². The Balaban J connectivity index is 1.31. The van der Waals surface area contributed by atoms with E-state index in [2.05, 4.69) is 25.6 Å². The monoisotopic (exact) mass is 478 g/mol. The molecule has 36 heavy (non-hydrogen) atoms. The molecule has 9 nitrogen and oxygen atoms in total. The summed E-state index contributed by atoms with van der Waals surface area (Å²) in [5.74, 6) is -0.788. The van der Waals surface area contributed by atoms with E-state index in [1.54, 1.807) is 42.6 Å².